The Balaban J connectivity index is 1.74. The van der Waals surface area contributed by atoms with Crippen LogP contribution in [-0.2, 0) is 6.54 Å². The Labute approximate surface area is 103 Å². The molecular weight excluding hydrogens is 210 g/mol. The summed E-state index contributed by atoms with van der Waals surface area (Å²) in [6.07, 6.45) is 9.64. The van der Waals surface area contributed by atoms with E-state index in [1.165, 1.54) is 25.7 Å². The van der Waals surface area contributed by atoms with E-state index in [-0.39, 0.29) is 0 Å². The van der Waals surface area contributed by atoms with Crippen molar-refractivity contribution in [3.63, 3.8) is 0 Å². The molecule has 3 heteroatoms. The Morgan fingerprint density at radius 1 is 1.53 bits per heavy atom. The van der Waals surface area contributed by atoms with Crippen LogP contribution in [0.2, 0.25) is 0 Å². The second-order valence-corrected chi connectivity index (χ2v) is 5.57. The summed E-state index contributed by atoms with van der Waals surface area (Å²) >= 11 is 0. The van der Waals surface area contributed by atoms with E-state index in [4.69, 9.17) is 0 Å². The monoisotopic (exact) mass is 231 g/mol. The SMILES string of the molecule is C=CCn1cc(C)nc1NC1CC2CCC1C2. The maximum absolute atomic E-state index is 4.58. The first-order valence-electron chi connectivity index (χ1n) is 6.67. The largest absolute Gasteiger partial charge is 0.353 e. The van der Waals surface area contributed by atoms with Gasteiger partial charge in [-0.25, -0.2) is 4.98 Å². The number of nitrogens with one attached hydrogen (secondary N) is 1. The fraction of sp³-hybridized carbons (Fsp3) is 0.643. The third kappa shape index (κ3) is 1.99. The van der Waals surface area contributed by atoms with Crippen LogP contribution in [0.4, 0.5) is 5.95 Å². The molecule has 0 aliphatic heterocycles. The Kier molecular flexibility index (Phi) is 2.69. The van der Waals surface area contributed by atoms with Crippen LogP contribution >= 0.6 is 0 Å². The van der Waals surface area contributed by atoms with Crippen molar-refractivity contribution in [3.05, 3.63) is 24.5 Å². The van der Waals surface area contributed by atoms with Crippen LogP contribution < -0.4 is 5.32 Å². The zero-order valence-corrected chi connectivity index (χ0v) is 10.5. The minimum absolute atomic E-state index is 0.652. The number of hydrogen-bond donors (Lipinski definition) is 1. The molecule has 0 radical (unpaired) electrons. The number of hydrogen-bond acceptors (Lipinski definition) is 2. The summed E-state index contributed by atoms with van der Waals surface area (Å²) in [6.45, 7) is 6.68. The smallest absolute Gasteiger partial charge is 0.203 e. The van der Waals surface area contributed by atoms with E-state index in [1.54, 1.807) is 0 Å². The minimum Gasteiger partial charge on any atom is -0.353 e. The lowest BCUT2D eigenvalue weighted by atomic mass is 9.95. The van der Waals surface area contributed by atoms with Crippen molar-refractivity contribution in [2.24, 2.45) is 11.8 Å². The summed E-state index contributed by atoms with van der Waals surface area (Å²) in [5.41, 5.74) is 1.08. The van der Waals surface area contributed by atoms with Gasteiger partial charge in [-0.2, -0.15) is 0 Å². The second kappa shape index (κ2) is 4.21. The molecule has 3 rings (SSSR count). The Morgan fingerprint density at radius 2 is 2.41 bits per heavy atom. The molecule has 17 heavy (non-hydrogen) atoms. The van der Waals surface area contributed by atoms with Crippen molar-refractivity contribution >= 4 is 5.95 Å². The maximum atomic E-state index is 4.58. The fourth-order valence-electron chi connectivity index (χ4n) is 3.53. The number of allylic oxidation sites excluding steroid dienone is 1. The maximum Gasteiger partial charge on any atom is 0.203 e. The second-order valence-electron chi connectivity index (χ2n) is 5.57. The molecule has 1 aromatic rings. The summed E-state index contributed by atoms with van der Waals surface area (Å²) in [6, 6.07) is 0.652. The zero-order valence-electron chi connectivity index (χ0n) is 10.5. The van der Waals surface area contributed by atoms with Crippen LogP contribution in [0.25, 0.3) is 0 Å². The van der Waals surface area contributed by atoms with Gasteiger partial charge in [-0.1, -0.05) is 12.5 Å². The summed E-state index contributed by atoms with van der Waals surface area (Å²) in [5, 5.41) is 3.65. The Morgan fingerprint density at radius 3 is 3.06 bits per heavy atom. The number of fused-ring (bicyclic) bond motifs is 2. The predicted octanol–water partition coefficient (Wildman–Crippen LogP) is 2.98. The van der Waals surface area contributed by atoms with Crippen molar-refractivity contribution in [2.45, 2.75) is 45.2 Å². The van der Waals surface area contributed by atoms with Gasteiger partial charge in [-0.3, -0.25) is 0 Å². The normalized spacial score (nSPS) is 30.8. The lowest BCUT2D eigenvalue weighted by molar-refractivity contribution is 0.436. The van der Waals surface area contributed by atoms with Gasteiger partial charge in [-0.15, -0.1) is 6.58 Å². The van der Waals surface area contributed by atoms with Crippen LogP contribution in [-0.4, -0.2) is 15.6 Å². The summed E-state index contributed by atoms with van der Waals surface area (Å²) in [7, 11) is 0. The third-order valence-corrected chi connectivity index (χ3v) is 4.28. The first-order chi connectivity index (χ1) is 8.26. The molecule has 92 valence electrons. The fourth-order valence-corrected chi connectivity index (χ4v) is 3.53. The van der Waals surface area contributed by atoms with Gasteiger partial charge < -0.3 is 9.88 Å². The summed E-state index contributed by atoms with van der Waals surface area (Å²) in [5.74, 6) is 2.88. The van der Waals surface area contributed by atoms with E-state index >= 15 is 0 Å². The number of imidazole rings is 1. The van der Waals surface area contributed by atoms with Crippen LogP contribution in [0.15, 0.2) is 18.9 Å². The van der Waals surface area contributed by atoms with Gasteiger partial charge in [0.05, 0.1) is 5.69 Å². The molecule has 2 aliphatic rings. The molecule has 0 saturated heterocycles. The van der Waals surface area contributed by atoms with Gasteiger partial charge in [0.25, 0.3) is 0 Å². The van der Waals surface area contributed by atoms with Gasteiger partial charge in [0, 0.05) is 18.8 Å². The van der Waals surface area contributed by atoms with Gasteiger partial charge >= 0.3 is 0 Å². The Hall–Kier alpha value is -1.25. The molecule has 2 fully saturated rings. The number of aromatic nitrogens is 2. The van der Waals surface area contributed by atoms with Gasteiger partial charge in [-0.05, 0) is 38.0 Å². The molecule has 3 unspecified atom stereocenters. The third-order valence-electron chi connectivity index (χ3n) is 4.28. The van der Waals surface area contributed by atoms with Gasteiger partial charge in [0.15, 0.2) is 0 Å². The predicted molar refractivity (Wildman–Crippen MR) is 70.0 cm³/mol. The number of rotatable bonds is 4. The molecule has 0 aromatic carbocycles. The average Bonchev–Trinajstić information content (AvgIpc) is 2.96. The molecule has 3 atom stereocenters. The number of anilines is 1. The van der Waals surface area contributed by atoms with Crippen molar-refractivity contribution in [2.75, 3.05) is 5.32 Å². The van der Waals surface area contributed by atoms with Crippen molar-refractivity contribution in [3.8, 4) is 0 Å². The van der Waals surface area contributed by atoms with E-state index < -0.39 is 0 Å². The molecule has 2 bridgehead atoms. The molecule has 3 nitrogen and oxygen atoms in total. The average molecular weight is 231 g/mol. The molecule has 1 heterocycles. The number of aryl methyl sites for hydroxylation is 1. The first-order valence-corrected chi connectivity index (χ1v) is 6.67. The molecular formula is C14H21N3. The minimum atomic E-state index is 0.652. The van der Waals surface area contributed by atoms with Crippen molar-refractivity contribution in [1.29, 1.82) is 0 Å². The zero-order chi connectivity index (χ0) is 11.8. The van der Waals surface area contributed by atoms with E-state index in [9.17, 15) is 0 Å². The number of nitrogens with zero attached hydrogens (tertiary/aromatic N) is 2. The Bertz CT molecular complexity index is 421. The topological polar surface area (TPSA) is 29.9 Å². The lowest BCUT2D eigenvalue weighted by Gasteiger charge is -2.23. The summed E-state index contributed by atoms with van der Waals surface area (Å²) < 4.78 is 2.16. The molecule has 2 saturated carbocycles. The van der Waals surface area contributed by atoms with Crippen LogP contribution in [0.3, 0.4) is 0 Å². The molecule has 0 spiro atoms. The van der Waals surface area contributed by atoms with Gasteiger partial charge in [0.2, 0.25) is 5.95 Å². The standard InChI is InChI=1S/C14H21N3/c1-3-6-17-9-10(2)15-14(17)16-13-8-11-4-5-12(13)7-11/h3,9,11-13H,1,4-8H2,2H3,(H,15,16). The lowest BCUT2D eigenvalue weighted by Crippen LogP contribution is -2.27. The highest BCUT2D eigenvalue weighted by Crippen LogP contribution is 2.45. The van der Waals surface area contributed by atoms with Crippen LogP contribution in [0.5, 0.6) is 0 Å². The van der Waals surface area contributed by atoms with Crippen LogP contribution in [0.1, 0.15) is 31.4 Å². The molecule has 1 aromatic heterocycles. The van der Waals surface area contributed by atoms with E-state index in [2.05, 4.69) is 27.6 Å². The molecule has 1 N–H and O–H groups in total. The highest BCUT2D eigenvalue weighted by Gasteiger charge is 2.39. The highest BCUT2D eigenvalue weighted by atomic mass is 15.2. The first kappa shape index (κ1) is 10.9. The highest BCUT2D eigenvalue weighted by molar-refractivity contribution is 5.32. The van der Waals surface area contributed by atoms with E-state index in [1.807, 2.05) is 13.0 Å². The molecule has 2 aliphatic carbocycles. The van der Waals surface area contributed by atoms with Crippen molar-refractivity contribution < 1.29 is 0 Å². The van der Waals surface area contributed by atoms with Gasteiger partial charge in [0.1, 0.15) is 0 Å². The molecule has 0 amide bonds. The van der Waals surface area contributed by atoms with Crippen LogP contribution in [0, 0.1) is 18.8 Å². The van der Waals surface area contributed by atoms with E-state index in [0.29, 0.717) is 6.04 Å². The van der Waals surface area contributed by atoms with E-state index in [0.717, 1.165) is 30.0 Å². The summed E-state index contributed by atoms with van der Waals surface area (Å²) in [4.78, 5) is 4.58. The quantitative estimate of drug-likeness (QED) is 0.807. The van der Waals surface area contributed by atoms with Crippen molar-refractivity contribution in [1.82, 2.24) is 9.55 Å².